The number of benzene rings is 2. The molecule has 202 valence electrons. The third-order valence-corrected chi connectivity index (χ3v) is 7.55. The number of halogens is 1. The lowest BCUT2D eigenvalue weighted by Crippen LogP contribution is -2.51. The van der Waals surface area contributed by atoms with Crippen molar-refractivity contribution < 1.29 is 14.0 Å². The number of carbonyl (C=O) groups excluding carboxylic acids is 2. The molecule has 2 aromatic heterocycles. The summed E-state index contributed by atoms with van der Waals surface area (Å²) in [6.07, 6.45) is 3.73. The summed E-state index contributed by atoms with van der Waals surface area (Å²) in [4.78, 5) is 29.6. The van der Waals surface area contributed by atoms with Crippen molar-refractivity contribution >= 4 is 28.5 Å². The average molecular weight is 533 g/mol. The number of anilines is 1. The van der Waals surface area contributed by atoms with Gasteiger partial charge in [0, 0.05) is 37.5 Å². The fraction of sp³-hybridized carbons (Fsp3) is 0.385. The maximum Gasteiger partial charge on any atom is 0.322 e. The molecule has 0 saturated carbocycles. The molecule has 12 nitrogen and oxygen atoms in total. The lowest BCUT2D eigenvalue weighted by atomic mass is 10.00. The zero-order valence-electron chi connectivity index (χ0n) is 21.4. The van der Waals surface area contributed by atoms with Crippen LogP contribution in [0.25, 0.3) is 10.9 Å². The van der Waals surface area contributed by atoms with Crippen molar-refractivity contribution in [3.8, 4) is 0 Å². The number of piperidine rings is 1. The minimum atomic E-state index is -0.449. The number of likely N-dealkylation sites (tertiary alicyclic amines) is 1. The van der Waals surface area contributed by atoms with Crippen LogP contribution in [0, 0.1) is 12.7 Å². The van der Waals surface area contributed by atoms with Gasteiger partial charge in [0.2, 0.25) is 5.91 Å². The van der Waals surface area contributed by atoms with Crippen LogP contribution in [0.1, 0.15) is 41.4 Å². The van der Waals surface area contributed by atoms with E-state index in [2.05, 4.69) is 52.4 Å². The van der Waals surface area contributed by atoms with E-state index in [4.69, 9.17) is 0 Å². The van der Waals surface area contributed by atoms with E-state index in [1.165, 1.54) is 6.07 Å². The highest BCUT2D eigenvalue weighted by Crippen LogP contribution is 2.29. The molecular formula is C26H29FN10O2. The number of para-hydroxylation sites is 1. The Morgan fingerprint density at radius 2 is 2.10 bits per heavy atom. The predicted octanol–water partition coefficient (Wildman–Crippen LogP) is 2.44. The molecule has 1 saturated heterocycles. The maximum atomic E-state index is 14.1. The quantitative estimate of drug-likeness (QED) is 0.286. The van der Waals surface area contributed by atoms with Crippen molar-refractivity contribution in [1.82, 2.24) is 45.9 Å². The van der Waals surface area contributed by atoms with Gasteiger partial charge in [0.05, 0.1) is 30.0 Å². The maximum absolute atomic E-state index is 14.1. The van der Waals surface area contributed by atoms with Crippen LogP contribution >= 0.6 is 0 Å². The minimum absolute atomic E-state index is 0.0221. The number of nitrogens with zero attached hydrogens (tertiary/aromatic N) is 6. The van der Waals surface area contributed by atoms with Gasteiger partial charge in [0.25, 0.3) is 0 Å². The number of H-pyrrole nitrogens is 2. The Kier molecular flexibility index (Phi) is 6.65. The first-order valence-electron chi connectivity index (χ1n) is 13.0. The molecule has 2 aromatic carbocycles. The molecule has 1 unspecified atom stereocenters. The van der Waals surface area contributed by atoms with Crippen molar-refractivity contribution in [2.75, 3.05) is 25.0 Å². The SMILES string of the molecule is Cc1cc(CC(NC(=O)CN2CCC(N3Cc4cccc(F)c4NC3=O)CC2)c2nn[nH]n2)cc2cn[nH]c12. The minimum Gasteiger partial charge on any atom is -0.344 e. The summed E-state index contributed by atoms with van der Waals surface area (Å²) in [6.45, 7) is 3.95. The van der Waals surface area contributed by atoms with Crippen molar-refractivity contribution in [3.05, 3.63) is 64.9 Å². The Morgan fingerprint density at radius 1 is 1.26 bits per heavy atom. The van der Waals surface area contributed by atoms with Gasteiger partial charge < -0.3 is 15.5 Å². The summed E-state index contributed by atoms with van der Waals surface area (Å²) in [5.41, 5.74) is 4.12. The Balaban J connectivity index is 1.06. The van der Waals surface area contributed by atoms with Crippen LogP contribution in [0.4, 0.5) is 14.9 Å². The number of fused-ring (bicyclic) bond motifs is 2. The number of aromatic nitrogens is 6. The molecule has 0 radical (unpaired) electrons. The smallest absolute Gasteiger partial charge is 0.322 e. The number of hydrogen-bond acceptors (Lipinski definition) is 7. The van der Waals surface area contributed by atoms with E-state index in [1.54, 1.807) is 17.2 Å². The largest absolute Gasteiger partial charge is 0.344 e. The van der Waals surface area contributed by atoms with E-state index >= 15 is 0 Å². The topological polar surface area (TPSA) is 148 Å². The molecule has 2 aliphatic rings. The zero-order chi connectivity index (χ0) is 26.9. The monoisotopic (exact) mass is 532 g/mol. The molecule has 2 aliphatic heterocycles. The number of amides is 3. The van der Waals surface area contributed by atoms with Crippen LogP contribution in [0.15, 0.2) is 36.5 Å². The van der Waals surface area contributed by atoms with E-state index in [1.807, 2.05) is 19.1 Å². The number of hydrogen-bond donors (Lipinski definition) is 4. The number of carbonyl (C=O) groups is 2. The lowest BCUT2D eigenvalue weighted by molar-refractivity contribution is -0.123. The predicted molar refractivity (Wildman–Crippen MR) is 140 cm³/mol. The lowest BCUT2D eigenvalue weighted by Gasteiger charge is -2.40. The third-order valence-electron chi connectivity index (χ3n) is 7.55. The van der Waals surface area contributed by atoms with Gasteiger partial charge in [-0.15, -0.1) is 10.2 Å². The third kappa shape index (κ3) is 5.17. The molecule has 1 atom stereocenters. The second kappa shape index (κ2) is 10.4. The molecule has 4 heterocycles. The Bertz CT molecular complexity index is 1500. The van der Waals surface area contributed by atoms with E-state index in [0.29, 0.717) is 31.9 Å². The van der Waals surface area contributed by atoms with Crippen LogP contribution in [-0.4, -0.2) is 78.2 Å². The molecular weight excluding hydrogens is 503 g/mol. The van der Waals surface area contributed by atoms with Crippen LogP contribution in [-0.2, 0) is 17.8 Å². The molecule has 4 aromatic rings. The van der Waals surface area contributed by atoms with Gasteiger partial charge in [0.15, 0.2) is 5.82 Å². The number of tetrazole rings is 1. The highest BCUT2D eigenvalue weighted by atomic mass is 19.1. The van der Waals surface area contributed by atoms with Crippen LogP contribution in [0.3, 0.4) is 0 Å². The van der Waals surface area contributed by atoms with Crippen molar-refractivity contribution in [2.24, 2.45) is 0 Å². The Hall–Kier alpha value is -4.39. The van der Waals surface area contributed by atoms with Gasteiger partial charge in [-0.2, -0.15) is 10.3 Å². The summed E-state index contributed by atoms with van der Waals surface area (Å²) in [6, 6.07) is 8.23. The van der Waals surface area contributed by atoms with Crippen LogP contribution in [0.2, 0.25) is 0 Å². The number of aromatic amines is 2. The van der Waals surface area contributed by atoms with Crippen LogP contribution < -0.4 is 10.6 Å². The van der Waals surface area contributed by atoms with Gasteiger partial charge in [0.1, 0.15) is 5.82 Å². The Labute approximate surface area is 223 Å². The second-order valence-electron chi connectivity index (χ2n) is 10.2. The average Bonchev–Trinajstić information content (AvgIpc) is 3.62. The standard InChI is InChI=1S/C26H29FN10O2/c1-15-9-16(10-18-12-28-31-23(15)18)11-21(25-32-34-35-33-25)29-22(38)14-36-7-5-19(6-8-36)37-13-17-3-2-4-20(27)24(17)30-26(37)39/h2-4,9-10,12,19,21H,5-8,11,13-14H2,1H3,(H,28,31)(H,29,38)(H,30,39)(H,32,33,34,35). The van der Waals surface area contributed by atoms with Gasteiger partial charge >= 0.3 is 6.03 Å². The van der Waals surface area contributed by atoms with E-state index in [-0.39, 0.29) is 30.2 Å². The molecule has 4 N–H and O–H groups in total. The second-order valence-corrected chi connectivity index (χ2v) is 10.2. The highest BCUT2D eigenvalue weighted by molar-refractivity contribution is 5.92. The normalized spacial score (nSPS) is 17.2. The molecule has 39 heavy (non-hydrogen) atoms. The van der Waals surface area contributed by atoms with Gasteiger partial charge in [-0.1, -0.05) is 23.4 Å². The van der Waals surface area contributed by atoms with Crippen molar-refractivity contribution in [1.29, 1.82) is 0 Å². The molecule has 1 fully saturated rings. The van der Waals surface area contributed by atoms with Crippen molar-refractivity contribution in [2.45, 2.75) is 44.8 Å². The molecule has 0 spiro atoms. The molecule has 0 bridgehead atoms. The number of rotatable bonds is 7. The molecule has 13 heteroatoms. The van der Waals surface area contributed by atoms with Gasteiger partial charge in [-0.25, -0.2) is 9.18 Å². The first-order chi connectivity index (χ1) is 18.9. The number of aryl methyl sites for hydroxylation is 1. The fourth-order valence-electron chi connectivity index (χ4n) is 5.59. The highest BCUT2D eigenvalue weighted by Gasteiger charge is 2.33. The first kappa shape index (κ1) is 24.9. The summed E-state index contributed by atoms with van der Waals surface area (Å²) in [5, 5.41) is 28.3. The fourth-order valence-corrected chi connectivity index (χ4v) is 5.59. The summed E-state index contributed by atoms with van der Waals surface area (Å²) in [7, 11) is 0. The van der Waals surface area contributed by atoms with Gasteiger partial charge in [-0.3, -0.25) is 14.8 Å². The number of urea groups is 1. The summed E-state index contributed by atoms with van der Waals surface area (Å²) < 4.78 is 14.1. The molecule has 3 amide bonds. The first-order valence-corrected chi connectivity index (χ1v) is 13.0. The van der Waals surface area contributed by atoms with E-state index in [9.17, 15) is 14.0 Å². The van der Waals surface area contributed by atoms with E-state index in [0.717, 1.165) is 40.4 Å². The number of nitrogens with one attached hydrogen (secondary N) is 4. The van der Waals surface area contributed by atoms with E-state index < -0.39 is 11.9 Å². The van der Waals surface area contributed by atoms with Gasteiger partial charge in [-0.05, 0) is 48.6 Å². The van der Waals surface area contributed by atoms with Crippen molar-refractivity contribution in [3.63, 3.8) is 0 Å². The molecule has 0 aliphatic carbocycles. The molecule has 6 rings (SSSR count). The Morgan fingerprint density at radius 3 is 2.90 bits per heavy atom. The summed E-state index contributed by atoms with van der Waals surface area (Å²) in [5.74, 6) is -0.137. The zero-order valence-corrected chi connectivity index (χ0v) is 21.4. The summed E-state index contributed by atoms with van der Waals surface area (Å²) >= 11 is 0. The van der Waals surface area contributed by atoms with Crippen LogP contribution in [0.5, 0.6) is 0 Å².